The molecule has 6 nitrogen and oxygen atoms in total. The first-order valence-electron chi connectivity index (χ1n) is 10.9. The molecule has 1 fully saturated rings. The number of anilines is 1. The van der Waals surface area contributed by atoms with Crippen molar-refractivity contribution in [3.05, 3.63) is 64.7 Å². The average molecular weight is 478 g/mol. The maximum Gasteiger partial charge on any atom is 0.229 e. The number of benzene rings is 2. The van der Waals surface area contributed by atoms with E-state index in [0.717, 1.165) is 42.5 Å². The van der Waals surface area contributed by atoms with Crippen LogP contribution in [0.15, 0.2) is 48.5 Å². The highest BCUT2D eigenvalue weighted by Gasteiger charge is 2.38. The summed E-state index contributed by atoms with van der Waals surface area (Å²) in [4.78, 5) is 14.4. The van der Waals surface area contributed by atoms with Gasteiger partial charge in [-0.3, -0.25) is 9.52 Å². The summed E-state index contributed by atoms with van der Waals surface area (Å²) in [5.74, 6) is 0.0587. The van der Waals surface area contributed by atoms with Crippen molar-refractivity contribution >= 4 is 33.2 Å². The van der Waals surface area contributed by atoms with Crippen LogP contribution in [-0.4, -0.2) is 44.6 Å². The molecule has 0 atom stereocenters. The van der Waals surface area contributed by atoms with Crippen molar-refractivity contribution in [2.75, 3.05) is 24.1 Å². The number of nitrogens with two attached hydrogens (primary N) is 1. The Morgan fingerprint density at radius 3 is 2.47 bits per heavy atom. The molecule has 2 aromatic carbocycles. The average Bonchev–Trinajstić information content (AvgIpc) is 2.73. The number of sulfonamides is 1. The Hall–Kier alpha value is -2.09. The van der Waals surface area contributed by atoms with Crippen molar-refractivity contribution < 1.29 is 13.2 Å². The van der Waals surface area contributed by atoms with E-state index in [1.807, 2.05) is 41.3 Å². The number of rotatable bonds is 8. The number of nitrogens with zero attached hydrogens (tertiary/aromatic N) is 1. The zero-order valence-corrected chi connectivity index (χ0v) is 20.3. The van der Waals surface area contributed by atoms with Crippen LogP contribution in [0, 0.1) is 0 Å². The lowest BCUT2D eigenvalue weighted by Crippen LogP contribution is -2.47. The molecule has 3 rings (SSSR count). The molecular weight excluding hydrogens is 446 g/mol. The Morgan fingerprint density at radius 1 is 1.19 bits per heavy atom. The Bertz CT molecular complexity index is 1050. The smallest absolute Gasteiger partial charge is 0.229 e. The molecule has 0 radical (unpaired) electrons. The van der Waals surface area contributed by atoms with Gasteiger partial charge in [-0.1, -0.05) is 35.9 Å². The van der Waals surface area contributed by atoms with Gasteiger partial charge in [0.15, 0.2) is 0 Å². The summed E-state index contributed by atoms with van der Waals surface area (Å²) in [6.07, 6.45) is 5.38. The maximum atomic E-state index is 12.5. The van der Waals surface area contributed by atoms with Gasteiger partial charge in [0.05, 0.1) is 6.26 Å². The van der Waals surface area contributed by atoms with Crippen LogP contribution in [0.1, 0.15) is 43.7 Å². The molecule has 3 N–H and O–H groups in total. The van der Waals surface area contributed by atoms with E-state index >= 15 is 0 Å². The fourth-order valence-electron chi connectivity index (χ4n) is 4.75. The van der Waals surface area contributed by atoms with Gasteiger partial charge in [0, 0.05) is 42.2 Å². The molecule has 0 unspecified atom stereocenters. The van der Waals surface area contributed by atoms with Crippen molar-refractivity contribution in [1.82, 2.24) is 4.90 Å². The summed E-state index contributed by atoms with van der Waals surface area (Å²) in [6, 6.07) is 15.4. The number of carbonyl (C=O) groups excluding carboxylic acids is 1. The predicted molar refractivity (Wildman–Crippen MR) is 130 cm³/mol. The minimum absolute atomic E-state index is 0.0587. The number of hydrogen-bond donors (Lipinski definition) is 2. The molecule has 0 aromatic heterocycles. The first-order chi connectivity index (χ1) is 15.1. The van der Waals surface area contributed by atoms with Gasteiger partial charge in [0.1, 0.15) is 0 Å². The summed E-state index contributed by atoms with van der Waals surface area (Å²) in [5, 5.41) is 0.718. The summed E-state index contributed by atoms with van der Waals surface area (Å²) < 4.78 is 25.5. The van der Waals surface area contributed by atoms with Crippen LogP contribution >= 0.6 is 11.6 Å². The number of carbonyl (C=O) groups is 1. The van der Waals surface area contributed by atoms with E-state index in [1.54, 1.807) is 13.0 Å². The molecule has 0 heterocycles. The van der Waals surface area contributed by atoms with E-state index in [4.69, 9.17) is 17.3 Å². The van der Waals surface area contributed by atoms with Crippen molar-refractivity contribution in [2.45, 2.75) is 50.5 Å². The molecule has 8 heteroatoms. The number of amides is 1. The van der Waals surface area contributed by atoms with Gasteiger partial charge in [0.25, 0.3) is 0 Å². The molecule has 1 amide bonds. The van der Waals surface area contributed by atoms with Crippen LogP contribution in [0.5, 0.6) is 0 Å². The maximum absolute atomic E-state index is 12.5. The molecule has 1 aliphatic carbocycles. The standard InChI is InChI=1S/C24H32ClN3O3S/c1-18(29)28(14-11-19-5-3-8-22(15-19)27-32(2,30)31)23-9-12-24(17-26,13-10-23)20-6-4-7-21(25)16-20/h3-8,15-16,23,27H,9-14,17,26H2,1-2H3/t23-,24+. The minimum atomic E-state index is -3.33. The van der Waals surface area contributed by atoms with Gasteiger partial charge in [-0.2, -0.15) is 0 Å². The number of nitrogens with one attached hydrogen (secondary N) is 1. The van der Waals surface area contributed by atoms with E-state index in [2.05, 4.69) is 10.8 Å². The lowest BCUT2D eigenvalue weighted by molar-refractivity contribution is -0.132. The number of halogens is 1. The van der Waals surface area contributed by atoms with E-state index < -0.39 is 10.0 Å². The van der Waals surface area contributed by atoms with E-state index in [1.165, 1.54) is 5.56 Å². The van der Waals surface area contributed by atoms with Crippen LogP contribution in [0.4, 0.5) is 5.69 Å². The zero-order valence-electron chi connectivity index (χ0n) is 18.7. The van der Waals surface area contributed by atoms with Crippen LogP contribution < -0.4 is 10.5 Å². The van der Waals surface area contributed by atoms with Crippen molar-refractivity contribution in [3.63, 3.8) is 0 Å². The monoisotopic (exact) mass is 477 g/mol. The Labute approximate surface area is 196 Å². The summed E-state index contributed by atoms with van der Waals surface area (Å²) >= 11 is 6.22. The van der Waals surface area contributed by atoms with Crippen LogP contribution in [0.3, 0.4) is 0 Å². The van der Waals surface area contributed by atoms with Crippen LogP contribution in [0.2, 0.25) is 5.02 Å². The highest BCUT2D eigenvalue weighted by atomic mass is 35.5. The molecule has 0 saturated heterocycles. The molecule has 1 aliphatic rings. The molecular formula is C24H32ClN3O3S. The normalized spacial score (nSPS) is 21.2. The predicted octanol–water partition coefficient (Wildman–Crippen LogP) is 3.94. The van der Waals surface area contributed by atoms with E-state index in [-0.39, 0.29) is 17.4 Å². The second kappa shape index (κ2) is 10.2. The molecule has 0 aliphatic heterocycles. The van der Waals surface area contributed by atoms with Crippen molar-refractivity contribution in [2.24, 2.45) is 5.73 Å². The molecule has 0 bridgehead atoms. The van der Waals surface area contributed by atoms with Crippen LogP contribution in [0.25, 0.3) is 0 Å². The molecule has 174 valence electrons. The van der Waals surface area contributed by atoms with Gasteiger partial charge in [-0.05, 0) is 67.5 Å². The molecule has 0 spiro atoms. The highest BCUT2D eigenvalue weighted by molar-refractivity contribution is 7.92. The number of hydrogen-bond acceptors (Lipinski definition) is 4. The second-order valence-corrected chi connectivity index (χ2v) is 10.9. The first kappa shape index (κ1) is 24.6. The summed E-state index contributed by atoms with van der Waals surface area (Å²) in [5.41, 5.74) is 8.81. The van der Waals surface area contributed by atoms with E-state index in [0.29, 0.717) is 25.2 Å². The molecule has 1 saturated carbocycles. The lowest BCUT2D eigenvalue weighted by atomic mass is 9.68. The fourth-order valence-corrected chi connectivity index (χ4v) is 5.49. The van der Waals surface area contributed by atoms with E-state index in [9.17, 15) is 13.2 Å². The van der Waals surface area contributed by atoms with Gasteiger partial charge < -0.3 is 10.6 Å². The quantitative estimate of drug-likeness (QED) is 0.602. The zero-order chi connectivity index (χ0) is 23.4. The van der Waals surface area contributed by atoms with Gasteiger partial charge >= 0.3 is 0 Å². The van der Waals surface area contributed by atoms with Gasteiger partial charge in [-0.25, -0.2) is 8.42 Å². The SMILES string of the molecule is CC(=O)N(CCc1cccc(NS(C)(=O)=O)c1)[C@H]1CC[C@@](CN)(c2cccc(Cl)c2)CC1. The Kier molecular flexibility index (Phi) is 7.85. The molecule has 32 heavy (non-hydrogen) atoms. The lowest BCUT2D eigenvalue weighted by Gasteiger charge is -2.43. The van der Waals surface area contributed by atoms with Crippen molar-refractivity contribution in [1.29, 1.82) is 0 Å². The third-order valence-corrected chi connectivity index (χ3v) is 7.30. The topological polar surface area (TPSA) is 92.5 Å². The molecule has 2 aromatic rings. The highest BCUT2D eigenvalue weighted by Crippen LogP contribution is 2.40. The minimum Gasteiger partial charge on any atom is -0.340 e. The largest absolute Gasteiger partial charge is 0.340 e. The Balaban J connectivity index is 1.66. The van der Waals surface area contributed by atoms with Crippen LogP contribution in [-0.2, 0) is 26.7 Å². The Morgan fingerprint density at radius 2 is 1.88 bits per heavy atom. The van der Waals surface area contributed by atoms with Gasteiger partial charge in [-0.15, -0.1) is 0 Å². The van der Waals surface area contributed by atoms with Gasteiger partial charge in [0.2, 0.25) is 15.9 Å². The summed E-state index contributed by atoms with van der Waals surface area (Å²) in [7, 11) is -3.33. The first-order valence-corrected chi connectivity index (χ1v) is 13.2. The summed E-state index contributed by atoms with van der Waals surface area (Å²) in [6.45, 7) is 2.76. The fraction of sp³-hybridized carbons (Fsp3) is 0.458. The second-order valence-electron chi connectivity index (χ2n) is 8.76. The van der Waals surface area contributed by atoms with Crippen molar-refractivity contribution in [3.8, 4) is 0 Å². The third kappa shape index (κ3) is 6.24. The third-order valence-electron chi connectivity index (χ3n) is 6.46.